The number of aldehydes is 1. The Morgan fingerprint density at radius 2 is 1.92 bits per heavy atom. The summed E-state index contributed by atoms with van der Waals surface area (Å²) in [4.78, 5) is 10.0. The molecule has 0 N–H and O–H groups in total. The average Bonchev–Trinajstić information content (AvgIpc) is 2.00. The van der Waals surface area contributed by atoms with Gasteiger partial charge < -0.3 is 4.79 Å². The Hall–Kier alpha value is -0.850. The molecule has 0 aromatic rings. The first-order chi connectivity index (χ1) is 5.66. The molecule has 12 heavy (non-hydrogen) atoms. The molecule has 0 amide bonds. The van der Waals surface area contributed by atoms with Crippen molar-refractivity contribution < 1.29 is 4.79 Å². The van der Waals surface area contributed by atoms with E-state index in [0.29, 0.717) is 6.42 Å². The molecular formula is C11H18O. The van der Waals surface area contributed by atoms with Gasteiger partial charge in [0.2, 0.25) is 0 Å². The number of hydrogen-bond donors (Lipinski definition) is 0. The van der Waals surface area contributed by atoms with Gasteiger partial charge in [-0.15, -0.1) is 6.58 Å². The lowest BCUT2D eigenvalue weighted by molar-refractivity contribution is -0.107. The maximum atomic E-state index is 10.0. The fourth-order valence-corrected chi connectivity index (χ4v) is 0.954. The maximum Gasteiger partial charge on any atom is 0.120 e. The second-order valence-corrected chi connectivity index (χ2v) is 3.25. The lowest BCUT2D eigenvalue weighted by atomic mass is 10.1. The van der Waals surface area contributed by atoms with Gasteiger partial charge in [0.05, 0.1) is 0 Å². The van der Waals surface area contributed by atoms with Gasteiger partial charge in [-0.1, -0.05) is 17.2 Å². The first kappa shape index (κ1) is 11.2. The Bertz CT molecular complexity index is 177. The molecule has 68 valence electrons. The Morgan fingerprint density at radius 3 is 2.42 bits per heavy atom. The van der Waals surface area contributed by atoms with Gasteiger partial charge in [-0.3, -0.25) is 0 Å². The predicted octanol–water partition coefficient (Wildman–Crippen LogP) is 3.27. The Morgan fingerprint density at radius 1 is 1.25 bits per heavy atom. The van der Waals surface area contributed by atoms with Crippen molar-refractivity contribution in [3.05, 3.63) is 23.8 Å². The minimum absolute atomic E-state index is 0.648. The van der Waals surface area contributed by atoms with Crippen molar-refractivity contribution in [2.45, 2.75) is 39.5 Å². The second kappa shape index (κ2) is 6.84. The number of allylic oxidation sites excluding steroid dienone is 3. The first-order valence-electron chi connectivity index (χ1n) is 4.40. The van der Waals surface area contributed by atoms with Crippen molar-refractivity contribution in [1.29, 1.82) is 0 Å². The van der Waals surface area contributed by atoms with Crippen molar-refractivity contribution in [2.75, 3.05) is 0 Å². The van der Waals surface area contributed by atoms with Crippen LogP contribution in [0.1, 0.15) is 39.5 Å². The minimum Gasteiger partial charge on any atom is -0.303 e. The second-order valence-electron chi connectivity index (χ2n) is 3.25. The van der Waals surface area contributed by atoms with Gasteiger partial charge >= 0.3 is 0 Å². The third-order valence-corrected chi connectivity index (χ3v) is 1.72. The Kier molecular flexibility index (Phi) is 6.35. The highest BCUT2D eigenvalue weighted by molar-refractivity contribution is 5.49. The van der Waals surface area contributed by atoms with E-state index in [4.69, 9.17) is 0 Å². The summed E-state index contributed by atoms with van der Waals surface area (Å²) in [6.07, 6.45) is 6.82. The van der Waals surface area contributed by atoms with Crippen LogP contribution in [0.25, 0.3) is 0 Å². The monoisotopic (exact) mass is 166 g/mol. The predicted molar refractivity (Wildman–Crippen MR) is 53.1 cm³/mol. The smallest absolute Gasteiger partial charge is 0.120 e. The normalized spacial score (nSPS) is 11.3. The Balaban J connectivity index is 3.53. The summed E-state index contributed by atoms with van der Waals surface area (Å²) in [7, 11) is 0. The topological polar surface area (TPSA) is 17.1 Å². The molecule has 1 heteroatoms. The van der Waals surface area contributed by atoms with E-state index in [0.717, 1.165) is 25.5 Å². The van der Waals surface area contributed by atoms with Crippen LogP contribution in [0.4, 0.5) is 0 Å². The van der Waals surface area contributed by atoms with Crippen molar-refractivity contribution in [2.24, 2.45) is 0 Å². The van der Waals surface area contributed by atoms with Crippen LogP contribution in [-0.2, 0) is 4.79 Å². The van der Waals surface area contributed by atoms with E-state index in [1.54, 1.807) is 0 Å². The summed E-state index contributed by atoms with van der Waals surface area (Å²) in [5.41, 5.74) is 2.53. The van der Waals surface area contributed by atoms with Crippen molar-refractivity contribution in [1.82, 2.24) is 0 Å². The maximum absolute atomic E-state index is 10.0. The molecule has 0 aliphatic heterocycles. The molecule has 0 fully saturated rings. The van der Waals surface area contributed by atoms with E-state index in [-0.39, 0.29) is 0 Å². The lowest BCUT2D eigenvalue weighted by Crippen LogP contribution is -1.80. The number of carbonyl (C=O) groups excluding carboxylic acids is 1. The van der Waals surface area contributed by atoms with Crippen molar-refractivity contribution in [3.63, 3.8) is 0 Å². The molecule has 0 saturated carbocycles. The molecule has 0 heterocycles. The van der Waals surface area contributed by atoms with Crippen LogP contribution in [0, 0.1) is 0 Å². The van der Waals surface area contributed by atoms with Gasteiger partial charge in [0.1, 0.15) is 6.29 Å². The third kappa shape index (κ3) is 7.26. The van der Waals surface area contributed by atoms with Crippen LogP contribution in [0.15, 0.2) is 23.8 Å². The zero-order valence-corrected chi connectivity index (χ0v) is 8.10. The summed E-state index contributed by atoms with van der Waals surface area (Å²) in [5, 5.41) is 0. The van der Waals surface area contributed by atoms with E-state index >= 15 is 0 Å². The zero-order chi connectivity index (χ0) is 9.40. The molecular weight excluding hydrogens is 148 g/mol. The molecule has 0 aliphatic rings. The first-order valence-corrected chi connectivity index (χ1v) is 4.40. The van der Waals surface area contributed by atoms with Gasteiger partial charge in [-0.25, -0.2) is 0 Å². The van der Waals surface area contributed by atoms with E-state index in [1.807, 2.05) is 6.92 Å². The zero-order valence-electron chi connectivity index (χ0n) is 8.10. The summed E-state index contributed by atoms with van der Waals surface area (Å²) >= 11 is 0. The van der Waals surface area contributed by atoms with Gasteiger partial charge in [0, 0.05) is 6.42 Å². The standard InChI is InChI=1S/C11H18O/c1-10(2)6-4-7-11(3)8-5-9-12/h7,9H,1,4-6,8H2,2-3H3/b11-7+. The largest absolute Gasteiger partial charge is 0.303 e. The highest BCUT2D eigenvalue weighted by atomic mass is 16.1. The third-order valence-electron chi connectivity index (χ3n) is 1.72. The van der Waals surface area contributed by atoms with Crippen LogP contribution in [0.3, 0.4) is 0 Å². The molecule has 1 nitrogen and oxygen atoms in total. The summed E-state index contributed by atoms with van der Waals surface area (Å²) in [6, 6.07) is 0. The van der Waals surface area contributed by atoms with Crippen LogP contribution in [-0.4, -0.2) is 6.29 Å². The van der Waals surface area contributed by atoms with Gasteiger partial charge in [-0.05, 0) is 33.1 Å². The van der Waals surface area contributed by atoms with E-state index in [2.05, 4.69) is 19.6 Å². The van der Waals surface area contributed by atoms with E-state index < -0.39 is 0 Å². The van der Waals surface area contributed by atoms with Crippen LogP contribution >= 0.6 is 0 Å². The van der Waals surface area contributed by atoms with E-state index in [1.165, 1.54) is 11.1 Å². The summed E-state index contributed by atoms with van der Waals surface area (Å²) in [5.74, 6) is 0. The number of carbonyl (C=O) groups is 1. The quantitative estimate of drug-likeness (QED) is 0.437. The lowest BCUT2D eigenvalue weighted by Gasteiger charge is -1.97. The minimum atomic E-state index is 0.648. The molecule has 0 saturated heterocycles. The van der Waals surface area contributed by atoms with Crippen LogP contribution in [0.2, 0.25) is 0 Å². The fourth-order valence-electron chi connectivity index (χ4n) is 0.954. The molecule has 0 atom stereocenters. The van der Waals surface area contributed by atoms with Crippen LogP contribution in [0.5, 0.6) is 0 Å². The molecule has 0 aliphatic carbocycles. The molecule has 0 unspecified atom stereocenters. The van der Waals surface area contributed by atoms with E-state index in [9.17, 15) is 4.79 Å². The van der Waals surface area contributed by atoms with Crippen LogP contribution < -0.4 is 0 Å². The van der Waals surface area contributed by atoms with Crippen molar-refractivity contribution in [3.8, 4) is 0 Å². The fraction of sp³-hybridized carbons (Fsp3) is 0.545. The molecule has 0 bridgehead atoms. The molecule has 0 aromatic carbocycles. The molecule has 0 rings (SSSR count). The van der Waals surface area contributed by atoms with Gasteiger partial charge in [-0.2, -0.15) is 0 Å². The van der Waals surface area contributed by atoms with Gasteiger partial charge in [0.15, 0.2) is 0 Å². The SMILES string of the molecule is C=C(C)CC/C=C(\C)CCC=O. The molecule has 0 aromatic heterocycles. The summed E-state index contributed by atoms with van der Waals surface area (Å²) < 4.78 is 0. The van der Waals surface area contributed by atoms with Gasteiger partial charge in [0.25, 0.3) is 0 Å². The molecule has 0 radical (unpaired) electrons. The highest BCUT2D eigenvalue weighted by Gasteiger charge is 1.89. The number of hydrogen-bond acceptors (Lipinski definition) is 1. The Labute approximate surface area is 75.2 Å². The van der Waals surface area contributed by atoms with Crippen molar-refractivity contribution >= 4 is 6.29 Å². The molecule has 0 spiro atoms. The number of rotatable bonds is 6. The highest BCUT2D eigenvalue weighted by Crippen LogP contribution is 2.07. The summed E-state index contributed by atoms with van der Waals surface area (Å²) in [6.45, 7) is 7.94. The average molecular weight is 166 g/mol.